The van der Waals surface area contributed by atoms with E-state index in [9.17, 15) is 4.79 Å². The van der Waals surface area contributed by atoms with Gasteiger partial charge in [0, 0.05) is 6.08 Å². The fourth-order valence-corrected chi connectivity index (χ4v) is 2.69. The molecule has 1 aliphatic rings. The number of hydrogen-bond acceptors (Lipinski definition) is 2. The Balaban J connectivity index is 1.89. The maximum atomic E-state index is 10.2. The van der Waals surface area contributed by atoms with Crippen LogP contribution < -0.4 is 0 Å². The lowest BCUT2D eigenvalue weighted by Gasteiger charge is -1.98. The third kappa shape index (κ3) is 11.8. The van der Waals surface area contributed by atoms with Crippen molar-refractivity contribution in [1.29, 1.82) is 0 Å². The maximum Gasteiger partial charge on any atom is 0.328 e. The van der Waals surface area contributed by atoms with Crippen molar-refractivity contribution in [3.05, 3.63) is 36.5 Å². The number of allylic oxidation sites excluding steroid dienone is 5. The Morgan fingerprint density at radius 1 is 0.913 bits per heavy atom. The van der Waals surface area contributed by atoms with E-state index in [0.29, 0.717) is 12.2 Å². The third-order valence-electron chi connectivity index (χ3n) is 4.10. The van der Waals surface area contributed by atoms with E-state index in [4.69, 9.17) is 9.84 Å². The summed E-state index contributed by atoms with van der Waals surface area (Å²) in [6.07, 6.45) is 24.1. The molecule has 130 valence electrons. The van der Waals surface area contributed by atoms with Gasteiger partial charge >= 0.3 is 5.97 Å². The molecule has 3 heteroatoms. The van der Waals surface area contributed by atoms with Gasteiger partial charge < -0.3 is 9.84 Å². The fourth-order valence-electron chi connectivity index (χ4n) is 2.69. The molecular weight excluding hydrogens is 288 g/mol. The number of unbranched alkanes of at least 4 members (excludes halogenated alkanes) is 6. The lowest BCUT2D eigenvalue weighted by Crippen LogP contribution is -1.94. The van der Waals surface area contributed by atoms with Crippen molar-refractivity contribution < 1.29 is 14.6 Å². The second kappa shape index (κ2) is 13.1. The van der Waals surface area contributed by atoms with E-state index in [1.54, 1.807) is 6.08 Å². The smallest absolute Gasteiger partial charge is 0.328 e. The van der Waals surface area contributed by atoms with E-state index < -0.39 is 5.97 Å². The highest BCUT2D eigenvalue weighted by atomic mass is 16.6. The van der Waals surface area contributed by atoms with Crippen molar-refractivity contribution in [3.8, 4) is 0 Å². The summed E-state index contributed by atoms with van der Waals surface area (Å²) in [6, 6.07) is 0. The highest BCUT2D eigenvalue weighted by molar-refractivity contribution is 5.80. The molecule has 0 saturated carbocycles. The summed E-state index contributed by atoms with van der Waals surface area (Å²) in [5, 5.41) is 8.42. The minimum atomic E-state index is -0.918. The van der Waals surface area contributed by atoms with E-state index >= 15 is 0 Å². The van der Waals surface area contributed by atoms with Crippen LogP contribution in [-0.2, 0) is 9.53 Å². The van der Waals surface area contributed by atoms with E-state index in [1.165, 1.54) is 51.0 Å². The van der Waals surface area contributed by atoms with Crippen LogP contribution in [0.4, 0.5) is 0 Å². The first-order valence-corrected chi connectivity index (χ1v) is 9.12. The average molecular weight is 320 g/mol. The maximum absolute atomic E-state index is 10.2. The minimum Gasteiger partial charge on any atom is -0.478 e. The summed E-state index contributed by atoms with van der Waals surface area (Å²) < 4.78 is 5.72. The lowest BCUT2D eigenvalue weighted by molar-refractivity contribution is -0.131. The van der Waals surface area contributed by atoms with Crippen molar-refractivity contribution in [2.45, 2.75) is 83.3 Å². The molecule has 0 aromatic heterocycles. The van der Waals surface area contributed by atoms with Gasteiger partial charge in [-0.2, -0.15) is 0 Å². The Bertz CT molecular complexity index is 396. The SMILES string of the molecule is CCCCCCCCC1OC1CCCC=C/C=C/C=C\C(=O)O. The summed E-state index contributed by atoms with van der Waals surface area (Å²) in [5.41, 5.74) is 0. The fraction of sp³-hybridized carbons (Fsp3) is 0.650. The zero-order valence-electron chi connectivity index (χ0n) is 14.5. The molecule has 2 unspecified atom stereocenters. The largest absolute Gasteiger partial charge is 0.478 e. The molecule has 1 saturated heterocycles. The van der Waals surface area contributed by atoms with E-state index in [1.807, 2.05) is 12.2 Å². The van der Waals surface area contributed by atoms with Gasteiger partial charge in [-0.3, -0.25) is 0 Å². The van der Waals surface area contributed by atoms with Gasteiger partial charge in [0.2, 0.25) is 0 Å². The van der Waals surface area contributed by atoms with Gasteiger partial charge in [-0.1, -0.05) is 75.8 Å². The van der Waals surface area contributed by atoms with Crippen molar-refractivity contribution in [3.63, 3.8) is 0 Å². The Kier molecular flexibility index (Phi) is 11.2. The van der Waals surface area contributed by atoms with Crippen LogP contribution in [0.2, 0.25) is 0 Å². The second-order valence-corrected chi connectivity index (χ2v) is 6.21. The van der Waals surface area contributed by atoms with Crippen molar-refractivity contribution in [2.75, 3.05) is 0 Å². The molecule has 0 radical (unpaired) electrons. The van der Waals surface area contributed by atoms with Crippen molar-refractivity contribution >= 4 is 5.97 Å². The molecule has 0 aromatic rings. The molecule has 0 amide bonds. The van der Waals surface area contributed by atoms with Crippen molar-refractivity contribution in [2.24, 2.45) is 0 Å². The van der Waals surface area contributed by atoms with Crippen LogP contribution in [0, 0.1) is 0 Å². The quantitative estimate of drug-likeness (QED) is 0.201. The molecule has 23 heavy (non-hydrogen) atoms. The topological polar surface area (TPSA) is 49.8 Å². The van der Waals surface area contributed by atoms with Crippen LogP contribution in [-0.4, -0.2) is 23.3 Å². The Hall–Kier alpha value is -1.35. The molecule has 1 heterocycles. The first kappa shape index (κ1) is 19.7. The number of ether oxygens (including phenoxy) is 1. The molecule has 2 atom stereocenters. The first-order valence-electron chi connectivity index (χ1n) is 9.12. The normalized spacial score (nSPS) is 20.9. The molecule has 1 N–H and O–H groups in total. The molecular formula is C20H32O3. The van der Waals surface area contributed by atoms with Crippen molar-refractivity contribution in [1.82, 2.24) is 0 Å². The third-order valence-corrected chi connectivity index (χ3v) is 4.10. The Morgan fingerprint density at radius 3 is 2.30 bits per heavy atom. The molecule has 0 aliphatic carbocycles. The highest BCUT2D eigenvalue weighted by Crippen LogP contribution is 2.31. The standard InChI is InChI=1S/C20H32O3/c1-2-3-4-5-9-12-15-18-19(23-18)16-13-10-7-6-8-11-14-17-20(21)22/h6-8,11,14,17-19H,2-5,9-10,12-13,15-16H2,1H3,(H,21,22)/b7-6?,11-8+,17-14-. The lowest BCUT2D eigenvalue weighted by atomic mass is 10.1. The first-order chi connectivity index (χ1) is 11.2. The Morgan fingerprint density at radius 2 is 1.57 bits per heavy atom. The average Bonchev–Trinajstić information content (AvgIpc) is 3.27. The summed E-state index contributed by atoms with van der Waals surface area (Å²) >= 11 is 0. The molecule has 0 bridgehead atoms. The van der Waals surface area contributed by atoms with Crippen LogP contribution >= 0.6 is 0 Å². The van der Waals surface area contributed by atoms with Gasteiger partial charge in [-0.25, -0.2) is 4.79 Å². The number of hydrogen-bond donors (Lipinski definition) is 1. The summed E-state index contributed by atoms with van der Waals surface area (Å²) in [7, 11) is 0. The van der Waals surface area contributed by atoms with Gasteiger partial charge in [-0.15, -0.1) is 0 Å². The minimum absolute atomic E-state index is 0.507. The summed E-state index contributed by atoms with van der Waals surface area (Å²) in [6.45, 7) is 2.25. The van der Waals surface area contributed by atoms with Gasteiger partial charge in [0.1, 0.15) is 0 Å². The Labute approximate surface area is 141 Å². The molecule has 1 rings (SSSR count). The number of carboxylic acid groups (broad SMARTS) is 1. The molecule has 1 fully saturated rings. The van der Waals surface area contributed by atoms with Gasteiger partial charge in [-0.05, 0) is 25.7 Å². The van der Waals surface area contributed by atoms with Crippen LogP contribution in [0.15, 0.2) is 36.5 Å². The summed E-state index contributed by atoms with van der Waals surface area (Å²) in [4.78, 5) is 10.2. The second-order valence-electron chi connectivity index (χ2n) is 6.21. The molecule has 0 aromatic carbocycles. The van der Waals surface area contributed by atoms with Crippen LogP contribution in [0.5, 0.6) is 0 Å². The number of epoxide rings is 1. The molecule has 0 spiro atoms. The van der Waals surface area contributed by atoms with Crippen LogP contribution in [0.3, 0.4) is 0 Å². The van der Waals surface area contributed by atoms with Gasteiger partial charge in [0.15, 0.2) is 0 Å². The predicted molar refractivity (Wildman–Crippen MR) is 95.6 cm³/mol. The van der Waals surface area contributed by atoms with Gasteiger partial charge in [0.25, 0.3) is 0 Å². The zero-order chi connectivity index (χ0) is 16.8. The van der Waals surface area contributed by atoms with E-state index in [0.717, 1.165) is 25.3 Å². The van der Waals surface area contributed by atoms with E-state index in [2.05, 4.69) is 13.0 Å². The number of carboxylic acids is 1. The monoisotopic (exact) mass is 320 g/mol. The number of aliphatic carboxylic acids is 1. The van der Waals surface area contributed by atoms with Crippen LogP contribution in [0.25, 0.3) is 0 Å². The molecule has 3 nitrogen and oxygen atoms in total. The molecule has 1 aliphatic heterocycles. The van der Waals surface area contributed by atoms with E-state index in [-0.39, 0.29) is 0 Å². The zero-order valence-corrected chi connectivity index (χ0v) is 14.5. The number of carbonyl (C=O) groups is 1. The highest BCUT2D eigenvalue weighted by Gasteiger charge is 2.36. The van der Waals surface area contributed by atoms with Gasteiger partial charge in [0.05, 0.1) is 12.2 Å². The van der Waals surface area contributed by atoms with Crippen LogP contribution in [0.1, 0.15) is 71.1 Å². The number of rotatable bonds is 14. The predicted octanol–water partition coefficient (Wildman–Crippen LogP) is 5.43. The summed E-state index contributed by atoms with van der Waals surface area (Å²) in [5.74, 6) is -0.918.